The van der Waals surface area contributed by atoms with Crippen molar-refractivity contribution < 1.29 is 24.2 Å². The minimum absolute atomic E-state index is 0.0585. The molecule has 7 heteroatoms. The number of phenolic OH excluding ortho intramolecular Hbond substituents is 1. The van der Waals surface area contributed by atoms with Gasteiger partial charge in [0.15, 0.2) is 5.58 Å². The van der Waals surface area contributed by atoms with Gasteiger partial charge in [-0.15, -0.1) is 0 Å². The first-order chi connectivity index (χ1) is 14.8. The smallest absolute Gasteiger partial charge is 0.326 e. The first-order valence-corrected chi connectivity index (χ1v) is 10.5. The number of nitrogens with one attached hydrogen (secondary N) is 1. The van der Waals surface area contributed by atoms with Crippen LogP contribution in [0.3, 0.4) is 0 Å². The second-order valence-corrected chi connectivity index (χ2v) is 10.1. The molecule has 0 aliphatic carbocycles. The predicted molar refractivity (Wildman–Crippen MR) is 122 cm³/mol. The number of aromatic nitrogens is 1. The molecule has 0 aliphatic heterocycles. The summed E-state index contributed by atoms with van der Waals surface area (Å²) in [7, 11) is 0. The molecule has 7 nitrogen and oxygen atoms in total. The molecule has 32 heavy (non-hydrogen) atoms. The van der Waals surface area contributed by atoms with Crippen molar-refractivity contribution in [3.63, 3.8) is 0 Å². The van der Waals surface area contributed by atoms with E-state index < -0.39 is 17.9 Å². The number of carboxylic acid groups (broad SMARTS) is 1. The fourth-order valence-corrected chi connectivity index (χ4v) is 3.41. The largest absolute Gasteiger partial charge is 0.508 e. The predicted octanol–water partition coefficient (Wildman–Crippen LogP) is 4.55. The number of amides is 1. The fourth-order valence-electron chi connectivity index (χ4n) is 3.41. The second kappa shape index (κ2) is 8.30. The van der Waals surface area contributed by atoms with Gasteiger partial charge in [-0.3, -0.25) is 4.79 Å². The Kier molecular flexibility index (Phi) is 6.05. The summed E-state index contributed by atoms with van der Waals surface area (Å²) in [6.45, 7) is 12.5. The van der Waals surface area contributed by atoms with Crippen molar-refractivity contribution in [2.24, 2.45) is 0 Å². The number of rotatable bonds is 5. The first-order valence-electron chi connectivity index (χ1n) is 10.5. The maximum absolute atomic E-state index is 12.8. The number of phenols is 1. The number of carbonyl (C=O) groups is 2. The summed E-state index contributed by atoms with van der Waals surface area (Å²) in [5.41, 5.74) is 3.41. The zero-order chi connectivity index (χ0) is 23.8. The highest BCUT2D eigenvalue weighted by Crippen LogP contribution is 2.35. The summed E-state index contributed by atoms with van der Waals surface area (Å²) in [4.78, 5) is 29.0. The molecule has 1 heterocycles. The van der Waals surface area contributed by atoms with E-state index in [1.807, 2.05) is 6.07 Å². The van der Waals surface area contributed by atoms with Gasteiger partial charge in [-0.05, 0) is 40.2 Å². The van der Waals surface area contributed by atoms with Crippen molar-refractivity contribution in [2.75, 3.05) is 0 Å². The lowest BCUT2D eigenvalue weighted by molar-refractivity contribution is -0.139. The van der Waals surface area contributed by atoms with Crippen molar-refractivity contribution in [1.29, 1.82) is 0 Å². The van der Waals surface area contributed by atoms with E-state index >= 15 is 0 Å². The van der Waals surface area contributed by atoms with E-state index in [4.69, 9.17) is 4.42 Å². The average Bonchev–Trinajstić information content (AvgIpc) is 3.11. The lowest BCUT2D eigenvalue weighted by Crippen LogP contribution is -2.42. The maximum Gasteiger partial charge on any atom is 0.326 e. The highest BCUT2D eigenvalue weighted by Gasteiger charge is 2.28. The van der Waals surface area contributed by atoms with E-state index in [0.717, 1.165) is 11.1 Å². The lowest BCUT2D eigenvalue weighted by atomic mass is 9.80. The van der Waals surface area contributed by atoms with Gasteiger partial charge in [0.05, 0.1) is 0 Å². The Morgan fingerprint density at radius 1 is 1.03 bits per heavy atom. The normalized spacial score (nSPS) is 13.2. The molecule has 0 bridgehead atoms. The van der Waals surface area contributed by atoms with Crippen molar-refractivity contribution in [2.45, 2.75) is 64.8 Å². The molecular weight excluding hydrogens is 408 g/mol. The Balaban J connectivity index is 1.94. The Morgan fingerprint density at radius 2 is 1.66 bits per heavy atom. The standard InChI is InChI=1S/C25H30N2O5/c1-24(2,3)15-12-17(25(4,5)6)20-18(13-15)27-22(32-20)21(29)26-19(23(30)31)11-14-7-9-16(28)10-8-14/h7-10,12-13,19,28H,11H2,1-6H3,(H,26,29)(H,30,31). The number of fused-ring (bicyclic) bond motifs is 1. The van der Waals surface area contributed by atoms with Gasteiger partial charge in [-0.25, -0.2) is 9.78 Å². The van der Waals surface area contributed by atoms with Crippen molar-refractivity contribution >= 4 is 23.0 Å². The average molecular weight is 439 g/mol. The number of benzene rings is 2. The third-order valence-electron chi connectivity index (χ3n) is 5.34. The molecule has 2 aromatic carbocycles. The van der Waals surface area contributed by atoms with Gasteiger partial charge < -0.3 is 19.9 Å². The molecular formula is C25H30N2O5. The summed E-state index contributed by atoms with van der Waals surface area (Å²) < 4.78 is 5.85. The second-order valence-electron chi connectivity index (χ2n) is 10.1. The first kappa shape index (κ1) is 23.3. The van der Waals surface area contributed by atoms with Gasteiger partial charge in [0, 0.05) is 12.0 Å². The highest BCUT2D eigenvalue weighted by atomic mass is 16.4. The number of carboxylic acids is 1. The Hall–Kier alpha value is -3.35. The number of hydrogen-bond donors (Lipinski definition) is 3. The van der Waals surface area contributed by atoms with Crippen LogP contribution in [0.2, 0.25) is 0 Å². The molecule has 1 amide bonds. The molecule has 0 fully saturated rings. The van der Waals surface area contributed by atoms with E-state index in [9.17, 15) is 19.8 Å². The van der Waals surface area contributed by atoms with Gasteiger partial charge in [0.2, 0.25) is 0 Å². The van der Waals surface area contributed by atoms with E-state index in [1.54, 1.807) is 12.1 Å². The van der Waals surface area contributed by atoms with E-state index in [-0.39, 0.29) is 28.9 Å². The molecule has 0 saturated heterocycles. The minimum atomic E-state index is -1.17. The van der Waals surface area contributed by atoms with Crippen LogP contribution in [0, 0.1) is 0 Å². The monoisotopic (exact) mass is 438 g/mol. The van der Waals surface area contributed by atoms with Gasteiger partial charge in [0.1, 0.15) is 17.3 Å². The van der Waals surface area contributed by atoms with Crippen LogP contribution in [0.4, 0.5) is 0 Å². The van der Waals surface area contributed by atoms with Crippen LogP contribution in [-0.2, 0) is 22.0 Å². The van der Waals surface area contributed by atoms with Crippen molar-refractivity contribution in [3.8, 4) is 5.75 Å². The molecule has 3 rings (SSSR count). The Morgan fingerprint density at radius 3 is 2.19 bits per heavy atom. The van der Waals surface area contributed by atoms with Gasteiger partial charge in [0.25, 0.3) is 5.89 Å². The molecule has 1 unspecified atom stereocenters. The maximum atomic E-state index is 12.8. The molecule has 3 N–H and O–H groups in total. The highest BCUT2D eigenvalue weighted by molar-refractivity contribution is 5.95. The number of hydrogen-bond acceptors (Lipinski definition) is 5. The quantitative estimate of drug-likeness (QED) is 0.538. The van der Waals surface area contributed by atoms with E-state index in [0.29, 0.717) is 16.7 Å². The fraction of sp³-hybridized carbons (Fsp3) is 0.400. The molecule has 170 valence electrons. The molecule has 0 saturated carbocycles. The molecule has 1 aromatic heterocycles. The Bertz CT molecular complexity index is 1150. The SMILES string of the molecule is CC(C)(C)c1cc(C(C)(C)C)c2oc(C(=O)NC(Cc3ccc(O)cc3)C(=O)O)nc2c1. The molecule has 0 radical (unpaired) electrons. The van der Waals surface area contributed by atoms with Crippen LogP contribution in [0.25, 0.3) is 11.1 Å². The molecule has 3 aromatic rings. The topological polar surface area (TPSA) is 113 Å². The Labute approximate surface area is 187 Å². The van der Waals surface area contributed by atoms with Crippen molar-refractivity contribution in [1.82, 2.24) is 10.3 Å². The summed E-state index contributed by atoms with van der Waals surface area (Å²) in [6, 6.07) is 8.99. The van der Waals surface area contributed by atoms with Crippen LogP contribution < -0.4 is 5.32 Å². The van der Waals surface area contributed by atoms with E-state index in [1.165, 1.54) is 12.1 Å². The number of oxazole rings is 1. The van der Waals surface area contributed by atoms with Crippen LogP contribution in [0.5, 0.6) is 5.75 Å². The van der Waals surface area contributed by atoms with E-state index in [2.05, 4.69) is 57.9 Å². The summed E-state index contributed by atoms with van der Waals surface area (Å²) >= 11 is 0. The zero-order valence-electron chi connectivity index (χ0n) is 19.3. The molecule has 1 atom stereocenters. The van der Waals surface area contributed by atoms with Crippen LogP contribution >= 0.6 is 0 Å². The summed E-state index contributed by atoms with van der Waals surface area (Å²) in [6.07, 6.45) is 0.0585. The van der Waals surface area contributed by atoms with Crippen LogP contribution in [0.1, 0.15) is 68.9 Å². The van der Waals surface area contributed by atoms with Crippen LogP contribution in [-0.4, -0.2) is 33.1 Å². The van der Waals surface area contributed by atoms with Gasteiger partial charge >= 0.3 is 11.9 Å². The number of nitrogens with zero attached hydrogens (tertiary/aromatic N) is 1. The zero-order valence-corrected chi connectivity index (χ0v) is 19.3. The number of aliphatic carboxylic acids is 1. The summed E-state index contributed by atoms with van der Waals surface area (Å²) in [5, 5.41) is 21.5. The lowest BCUT2D eigenvalue weighted by Gasteiger charge is -2.24. The van der Waals surface area contributed by atoms with Gasteiger partial charge in [-0.2, -0.15) is 0 Å². The molecule has 0 spiro atoms. The molecule has 0 aliphatic rings. The van der Waals surface area contributed by atoms with Gasteiger partial charge in [-0.1, -0.05) is 59.7 Å². The number of carbonyl (C=O) groups excluding carboxylic acids is 1. The number of aromatic hydroxyl groups is 1. The van der Waals surface area contributed by atoms with Crippen molar-refractivity contribution in [3.05, 3.63) is 59.0 Å². The third kappa shape index (κ3) is 5.10. The minimum Gasteiger partial charge on any atom is -0.508 e. The summed E-state index contributed by atoms with van der Waals surface area (Å²) in [5.74, 6) is -1.95. The van der Waals surface area contributed by atoms with Crippen LogP contribution in [0.15, 0.2) is 40.8 Å². The third-order valence-corrected chi connectivity index (χ3v) is 5.34.